The largest absolute Gasteiger partial charge is 0.467 e. The van der Waals surface area contributed by atoms with E-state index in [1.54, 1.807) is 12.3 Å². The van der Waals surface area contributed by atoms with Crippen molar-refractivity contribution >= 4 is 5.97 Å². The van der Waals surface area contributed by atoms with Crippen LogP contribution in [0.15, 0.2) is 47.1 Å². The summed E-state index contributed by atoms with van der Waals surface area (Å²) in [6, 6.07) is 12.3. The van der Waals surface area contributed by atoms with Crippen molar-refractivity contribution in [3.05, 3.63) is 59.5 Å². The van der Waals surface area contributed by atoms with E-state index in [4.69, 9.17) is 9.15 Å². The Morgan fingerprint density at radius 3 is 2.50 bits per heavy atom. The van der Waals surface area contributed by atoms with E-state index < -0.39 is 0 Å². The smallest absolute Gasteiger partial charge is 0.341 e. The van der Waals surface area contributed by atoms with Crippen molar-refractivity contribution in [3.63, 3.8) is 0 Å². The Labute approximate surface area is 142 Å². The third kappa shape index (κ3) is 4.24. The molecule has 2 heterocycles. The number of esters is 1. The van der Waals surface area contributed by atoms with Gasteiger partial charge in [-0.15, -0.1) is 0 Å². The molecule has 1 aromatic carbocycles. The SMILES string of the molecule is COC(=O)c1ccoc1CN1CCN(CCc2ccccc2)CC1. The second-order valence-corrected chi connectivity index (χ2v) is 6.10. The molecule has 5 nitrogen and oxygen atoms in total. The van der Waals surface area contributed by atoms with Crippen molar-refractivity contribution in [3.8, 4) is 0 Å². The first kappa shape index (κ1) is 16.7. The second-order valence-electron chi connectivity index (χ2n) is 6.10. The summed E-state index contributed by atoms with van der Waals surface area (Å²) in [5.74, 6) is 0.361. The predicted molar refractivity (Wildman–Crippen MR) is 91.9 cm³/mol. The van der Waals surface area contributed by atoms with E-state index in [1.807, 2.05) is 0 Å². The third-order valence-electron chi connectivity index (χ3n) is 4.54. The number of hydrogen-bond donors (Lipinski definition) is 0. The average Bonchev–Trinajstić information content (AvgIpc) is 3.09. The van der Waals surface area contributed by atoms with Gasteiger partial charge < -0.3 is 14.1 Å². The minimum atomic E-state index is -0.333. The molecule has 0 spiro atoms. The molecule has 0 saturated carbocycles. The fourth-order valence-corrected chi connectivity index (χ4v) is 3.06. The van der Waals surface area contributed by atoms with Gasteiger partial charge in [0.15, 0.2) is 0 Å². The molecule has 128 valence electrons. The summed E-state index contributed by atoms with van der Waals surface area (Å²) < 4.78 is 10.3. The first-order valence-corrected chi connectivity index (χ1v) is 8.39. The molecule has 0 amide bonds. The fourth-order valence-electron chi connectivity index (χ4n) is 3.06. The Bertz CT molecular complexity index is 646. The fraction of sp³-hybridized carbons (Fsp3) is 0.421. The molecule has 0 unspecified atom stereocenters. The lowest BCUT2D eigenvalue weighted by Gasteiger charge is -2.34. The molecule has 2 aromatic rings. The van der Waals surface area contributed by atoms with E-state index in [-0.39, 0.29) is 5.97 Å². The zero-order valence-electron chi connectivity index (χ0n) is 14.1. The monoisotopic (exact) mass is 328 g/mol. The number of rotatable bonds is 6. The number of piperazine rings is 1. The highest BCUT2D eigenvalue weighted by Crippen LogP contribution is 2.16. The third-order valence-corrected chi connectivity index (χ3v) is 4.54. The molecule has 0 aliphatic carbocycles. The molecule has 1 aliphatic rings. The molecule has 0 atom stereocenters. The second kappa shape index (κ2) is 8.13. The predicted octanol–water partition coefficient (Wildman–Crippen LogP) is 2.43. The van der Waals surface area contributed by atoms with Gasteiger partial charge >= 0.3 is 5.97 Å². The van der Waals surface area contributed by atoms with E-state index in [0.717, 1.165) is 39.1 Å². The van der Waals surface area contributed by atoms with Crippen molar-refractivity contribution in [1.82, 2.24) is 9.80 Å². The van der Waals surface area contributed by atoms with Gasteiger partial charge in [-0.05, 0) is 18.1 Å². The summed E-state index contributed by atoms with van der Waals surface area (Å²) in [5.41, 5.74) is 1.92. The summed E-state index contributed by atoms with van der Waals surface area (Å²) in [4.78, 5) is 16.5. The van der Waals surface area contributed by atoms with Crippen molar-refractivity contribution < 1.29 is 13.9 Å². The van der Waals surface area contributed by atoms with E-state index in [0.29, 0.717) is 17.9 Å². The van der Waals surface area contributed by atoms with Crippen LogP contribution in [0.3, 0.4) is 0 Å². The van der Waals surface area contributed by atoms with Crippen LogP contribution in [0.25, 0.3) is 0 Å². The first-order valence-electron chi connectivity index (χ1n) is 8.39. The van der Waals surface area contributed by atoms with Gasteiger partial charge in [-0.2, -0.15) is 0 Å². The number of ether oxygens (including phenoxy) is 1. The van der Waals surface area contributed by atoms with Crippen LogP contribution in [0.5, 0.6) is 0 Å². The normalized spacial score (nSPS) is 16.2. The zero-order chi connectivity index (χ0) is 16.8. The Balaban J connectivity index is 1.45. The highest BCUT2D eigenvalue weighted by Gasteiger charge is 2.21. The van der Waals surface area contributed by atoms with E-state index in [1.165, 1.54) is 12.7 Å². The number of benzene rings is 1. The van der Waals surface area contributed by atoms with Crippen molar-refractivity contribution in [2.75, 3.05) is 39.8 Å². The van der Waals surface area contributed by atoms with Gasteiger partial charge in [-0.3, -0.25) is 4.90 Å². The molecule has 0 bridgehead atoms. The molecule has 1 fully saturated rings. The molecular weight excluding hydrogens is 304 g/mol. The van der Waals surface area contributed by atoms with Gasteiger partial charge in [0, 0.05) is 32.7 Å². The number of methoxy groups -OCH3 is 1. The Morgan fingerprint density at radius 2 is 1.79 bits per heavy atom. The van der Waals surface area contributed by atoms with Gasteiger partial charge in [0.05, 0.1) is 19.9 Å². The number of furan rings is 1. The van der Waals surface area contributed by atoms with Gasteiger partial charge in [0.1, 0.15) is 11.3 Å². The van der Waals surface area contributed by atoms with Crippen LogP contribution in [-0.4, -0.2) is 55.6 Å². The van der Waals surface area contributed by atoms with Crippen molar-refractivity contribution in [1.29, 1.82) is 0 Å². The summed E-state index contributed by atoms with van der Waals surface area (Å²) in [6.07, 6.45) is 2.64. The Morgan fingerprint density at radius 1 is 1.08 bits per heavy atom. The molecule has 3 rings (SSSR count). The van der Waals surface area contributed by atoms with Crippen molar-refractivity contribution in [2.24, 2.45) is 0 Å². The summed E-state index contributed by atoms with van der Waals surface area (Å²) in [5, 5.41) is 0. The molecule has 1 aromatic heterocycles. The number of carbonyl (C=O) groups is 1. The maximum Gasteiger partial charge on any atom is 0.341 e. The van der Waals surface area contributed by atoms with Crippen LogP contribution in [0.1, 0.15) is 21.7 Å². The van der Waals surface area contributed by atoms with Crippen LogP contribution in [-0.2, 0) is 17.7 Å². The summed E-state index contributed by atoms with van der Waals surface area (Å²) in [7, 11) is 1.39. The number of carbonyl (C=O) groups excluding carboxylic acids is 1. The topological polar surface area (TPSA) is 45.9 Å². The van der Waals surface area contributed by atoms with Gasteiger partial charge in [0.25, 0.3) is 0 Å². The van der Waals surface area contributed by atoms with Gasteiger partial charge in [-0.25, -0.2) is 4.79 Å². The highest BCUT2D eigenvalue weighted by atomic mass is 16.5. The Kier molecular flexibility index (Phi) is 5.67. The standard InChI is InChI=1S/C19H24N2O3/c1-23-19(22)17-8-14-24-18(17)15-21-12-10-20(11-13-21)9-7-16-5-3-2-4-6-16/h2-6,8,14H,7,9-13,15H2,1H3. The molecular formula is C19H24N2O3. The van der Waals surface area contributed by atoms with E-state index in [9.17, 15) is 4.79 Å². The Hall–Kier alpha value is -2.11. The first-order chi connectivity index (χ1) is 11.8. The van der Waals surface area contributed by atoms with E-state index >= 15 is 0 Å². The molecule has 5 heteroatoms. The molecule has 1 saturated heterocycles. The van der Waals surface area contributed by atoms with Gasteiger partial charge in [0.2, 0.25) is 0 Å². The maximum atomic E-state index is 11.7. The van der Waals surface area contributed by atoms with Gasteiger partial charge in [-0.1, -0.05) is 30.3 Å². The van der Waals surface area contributed by atoms with E-state index in [2.05, 4.69) is 40.1 Å². The lowest BCUT2D eigenvalue weighted by atomic mass is 10.1. The molecule has 0 radical (unpaired) electrons. The lowest BCUT2D eigenvalue weighted by molar-refractivity contribution is 0.0594. The van der Waals surface area contributed by atoms with Crippen LogP contribution >= 0.6 is 0 Å². The minimum Gasteiger partial charge on any atom is -0.467 e. The quantitative estimate of drug-likeness (QED) is 0.762. The molecule has 24 heavy (non-hydrogen) atoms. The highest BCUT2D eigenvalue weighted by molar-refractivity contribution is 5.90. The van der Waals surface area contributed by atoms with Crippen LogP contribution in [0.4, 0.5) is 0 Å². The summed E-state index contributed by atoms with van der Waals surface area (Å²) in [6.45, 7) is 5.80. The average molecular weight is 328 g/mol. The lowest BCUT2D eigenvalue weighted by Crippen LogP contribution is -2.46. The zero-order valence-corrected chi connectivity index (χ0v) is 14.1. The molecule has 0 N–H and O–H groups in total. The maximum absolute atomic E-state index is 11.7. The number of nitrogens with zero attached hydrogens (tertiary/aromatic N) is 2. The van der Waals surface area contributed by atoms with Crippen LogP contribution in [0.2, 0.25) is 0 Å². The number of hydrogen-bond acceptors (Lipinski definition) is 5. The van der Waals surface area contributed by atoms with Crippen LogP contribution < -0.4 is 0 Å². The molecule has 1 aliphatic heterocycles. The van der Waals surface area contributed by atoms with Crippen molar-refractivity contribution in [2.45, 2.75) is 13.0 Å². The summed E-state index contributed by atoms with van der Waals surface area (Å²) >= 11 is 0. The minimum absolute atomic E-state index is 0.333. The van der Waals surface area contributed by atoms with Crippen LogP contribution in [0, 0.1) is 0 Å².